The molecule has 2 aromatic heterocycles. The predicted octanol–water partition coefficient (Wildman–Crippen LogP) is 3.29. The van der Waals surface area contributed by atoms with Gasteiger partial charge in [-0.3, -0.25) is 9.48 Å². The lowest BCUT2D eigenvalue weighted by Gasteiger charge is -2.05. The van der Waals surface area contributed by atoms with Crippen molar-refractivity contribution in [3.8, 4) is 21.0 Å². The van der Waals surface area contributed by atoms with Crippen LogP contribution in [0.5, 0.6) is 0 Å². The molecule has 0 fully saturated rings. The second-order valence-electron chi connectivity index (χ2n) is 6.09. The summed E-state index contributed by atoms with van der Waals surface area (Å²) in [4.78, 5) is 14.0. The van der Waals surface area contributed by atoms with Crippen molar-refractivity contribution in [1.29, 1.82) is 0 Å². The number of benzene rings is 1. The number of sulfone groups is 1. The molecule has 0 saturated carbocycles. The first-order chi connectivity index (χ1) is 13.3. The first-order valence-electron chi connectivity index (χ1n) is 8.63. The summed E-state index contributed by atoms with van der Waals surface area (Å²) < 4.78 is 30.3. The van der Waals surface area contributed by atoms with Crippen molar-refractivity contribution in [3.05, 3.63) is 42.5 Å². The van der Waals surface area contributed by atoms with Crippen molar-refractivity contribution < 1.29 is 17.9 Å². The lowest BCUT2D eigenvalue weighted by Crippen LogP contribution is -2.15. The molecule has 0 aliphatic carbocycles. The quantitative estimate of drug-likeness (QED) is 0.591. The van der Waals surface area contributed by atoms with Crippen LogP contribution in [0.4, 0.5) is 5.82 Å². The highest BCUT2D eigenvalue weighted by atomic mass is 32.2. The van der Waals surface area contributed by atoms with Crippen LogP contribution in [-0.4, -0.2) is 44.1 Å². The molecule has 9 heteroatoms. The number of ether oxygens (including phenoxy) is 1. The maximum absolute atomic E-state index is 11.9. The lowest BCUT2D eigenvalue weighted by molar-refractivity contribution is -0.144. The molecule has 3 aromatic rings. The standard InChI is InChI=1S/C19H21N3O4S2/c1-4-26-19(23)12-22-15(11-18(20-2)21-22)17-9-8-16(27-17)13-6-5-7-14(10-13)28(3,24)25/h5-11H,4,12H2,1-3H3,(H,20,21). The molecule has 1 N–H and O–H groups in total. The number of carbonyl (C=O) groups excluding carboxylic acids is 1. The van der Waals surface area contributed by atoms with E-state index in [-0.39, 0.29) is 17.4 Å². The molecule has 3 rings (SSSR count). The van der Waals surface area contributed by atoms with Crippen LogP contribution in [0.15, 0.2) is 47.4 Å². The SMILES string of the molecule is CCOC(=O)Cn1nc(NC)cc1-c1ccc(-c2cccc(S(C)(=O)=O)c2)s1. The average molecular weight is 420 g/mol. The van der Waals surface area contributed by atoms with E-state index in [0.29, 0.717) is 12.4 Å². The molecule has 2 heterocycles. The van der Waals surface area contributed by atoms with Gasteiger partial charge in [0, 0.05) is 24.2 Å². The highest BCUT2D eigenvalue weighted by Crippen LogP contribution is 2.36. The zero-order valence-corrected chi connectivity index (χ0v) is 17.4. The summed E-state index contributed by atoms with van der Waals surface area (Å²) in [6.45, 7) is 2.09. The number of esters is 1. The summed E-state index contributed by atoms with van der Waals surface area (Å²) in [5, 5.41) is 7.37. The molecule has 0 saturated heterocycles. The van der Waals surface area contributed by atoms with Crippen molar-refractivity contribution in [2.75, 3.05) is 25.2 Å². The van der Waals surface area contributed by atoms with Gasteiger partial charge in [-0.25, -0.2) is 8.42 Å². The third-order valence-electron chi connectivity index (χ3n) is 4.03. The first-order valence-corrected chi connectivity index (χ1v) is 11.3. The Bertz CT molecular complexity index is 1100. The number of nitrogens with one attached hydrogen (secondary N) is 1. The molecule has 1 aromatic carbocycles. The van der Waals surface area contributed by atoms with Crippen LogP contribution in [0.25, 0.3) is 21.0 Å². The molecular formula is C19H21N3O4S2. The van der Waals surface area contributed by atoms with Crippen LogP contribution in [-0.2, 0) is 25.9 Å². The van der Waals surface area contributed by atoms with Gasteiger partial charge in [-0.2, -0.15) is 5.10 Å². The van der Waals surface area contributed by atoms with Crippen LogP contribution in [0.2, 0.25) is 0 Å². The van der Waals surface area contributed by atoms with Gasteiger partial charge in [0.1, 0.15) is 12.4 Å². The minimum atomic E-state index is -3.27. The highest BCUT2D eigenvalue weighted by Gasteiger charge is 2.16. The first kappa shape index (κ1) is 20.1. The summed E-state index contributed by atoms with van der Waals surface area (Å²) >= 11 is 1.50. The summed E-state index contributed by atoms with van der Waals surface area (Å²) in [6, 6.07) is 12.6. The number of thiophene rings is 1. The Balaban J connectivity index is 1.96. The molecule has 0 radical (unpaired) electrons. The van der Waals surface area contributed by atoms with Gasteiger partial charge in [-0.15, -0.1) is 11.3 Å². The molecule has 28 heavy (non-hydrogen) atoms. The fourth-order valence-corrected chi connectivity index (χ4v) is 4.39. The van der Waals surface area contributed by atoms with Crippen molar-refractivity contribution in [2.24, 2.45) is 0 Å². The number of hydrogen-bond acceptors (Lipinski definition) is 7. The van der Waals surface area contributed by atoms with E-state index in [1.54, 1.807) is 36.9 Å². The average Bonchev–Trinajstić information content (AvgIpc) is 3.28. The molecule has 148 valence electrons. The second-order valence-corrected chi connectivity index (χ2v) is 9.19. The summed E-state index contributed by atoms with van der Waals surface area (Å²) in [7, 11) is -1.51. The summed E-state index contributed by atoms with van der Waals surface area (Å²) in [5.74, 6) is 0.292. The van der Waals surface area contributed by atoms with E-state index in [9.17, 15) is 13.2 Å². The Labute approximate surface area is 167 Å². The summed E-state index contributed by atoms with van der Waals surface area (Å²) in [5.41, 5.74) is 1.61. The maximum atomic E-state index is 11.9. The topological polar surface area (TPSA) is 90.3 Å². The van der Waals surface area contributed by atoms with E-state index < -0.39 is 9.84 Å². The van der Waals surface area contributed by atoms with E-state index in [4.69, 9.17) is 4.74 Å². The van der Waals surface area contributed by atoms with Gasteiger partial charge >= 0.3 is 5.97 Å². The second kappa shape index (κ2) is 8.15. The molecule has 0 atom stereocenters. The molecular weight excluding hydrogens is 398 g/mol. The van der Waals surface area contributed by atoms with Gasteiger partial charge in [0.2, 0.25) is 0 Å². The zero-order chi connectivity index (χ0) is 20.3. The van der Waals surface area contributed by atoms with Gasteiger partial charge in [0.15, 0.2) is 9.84 Å². The largest absolute Gasteiger partial charge is 0.465 e. The molecule has 0 bridgehead atoms. The van der Waals surface area contributed by atoms with E-state index in [1.807, 2.05) is 24.3 Å². The van der Waals surface area contributed by atoms with Gasteiger partial charge in [-0.1, -0.05) is 12.1 Å². The van der Waals surface area contributed by atoms with Gasteiger partial charge in [0.25, 0.3) is 0 Å². The number of anilines is 1. The third kappa shape index (κ3) is 4.42. The lowest BCUT2D eigenvalue weighted by atomic mass is 10.2. The zero-order valence-electron chi connectivity index (χ0n) is 15.8. The number of rotatable bonds is 7. The smallest absolute Gasteiger partial charge is 0.327 e. The van der Waals surface area contributed by atoms with Crippen molar-refractivity contribution >= 4 is 33.0 Å². The van der Waals surface area contributed by atoms with E-state index in [2.05, 4.69) is 10.4 Å². The van der Waals surface area contributed by atoms with E-state index in [0.717, 1.165) is 21.0 Å². The Morgan fingerprint density at radius 2 is 1.96 bits per heavy atom. The van der Waals surface area contributed by atoms with Crippen LogP contribution in [0.3, 0.4) is 0 Å². The Hall–Kier alpha value is -2.65. The molecule has 0 spiro atoms. The molecule has 0 aliphatic rings. The summed E-state index contributed by atoms with van der Waals surface area (Å²) in [6.07, 6.45) is 1.19. The Morgan fingerprint density at radius 3 is 2.64 bits per heavy atom. The molecule has 0 aliphatic heterocycles. The molecule has 0 amide bonds. The highest BCUT2D eigenvalue weighted by molar-refractivity contribution is 7.90. The van der Waals surface area contributed by atoms with Crippen LogP contribution >= 0.6 is 11.3 Å². The Kier molecular flexibility index (Phi) is 5.85. The number of carbonyl (C=O) groups is 1. The van der Waals surface area contributed by atoms with Crippen LogP contribution in [0.1, 0.15) is 6.92 Å². The van der Waals surface area contributed by atoms with Crippen LogP contribution < -0.4 is 5.32 Å². The number of aromatic nitrogens is 2. The Morgan fingerprint density at radius 1 is 1.21 bits per heavy atom. The number of hydrogen-bond donors (Lipinski definition) is 1. The van der Waals surface area contributed by atoms with Gasteiger partial charge in [-0.05, 0) is 36.8 Å². The minimum Gasteiger partial charge on any atom is -0.465 e. The van der Waals surface area contributed by atoms with E-state index >= 15 is 0 Å². The number of nitrogens with zero attached hydrogens (tertiary/aromatic N) is 2. The van der Waals surface area contributed by atoms with Crippen molar-refractivity contribution in [1.82, 2.24) is 9.78 Å². The van der Waals surface area contributed by atoms with Crippen molar-refractivity contribution in [3.63, 3.8) is 0 Å². The third-order valence-corrected chi connectivity index (χ3v) is 6.29. The van der Waals surface area contributed by atoms with Gasteiger partial charge < -0.3 is 10.1 Å². The fourth-order valence-electron chi connectivity index (χ4n) is 2.70. The van der Waals surface area contributed by atoms with Gasteiger partial charge in [0.05, 0.1) is 22.1 Å². The van der Waals surface area contributed by atoms with E-state index in [1.165, 1.54) is 17.6 Å². The normalized spacial score (nSPS) is 11.4. The van der Waals surface area contributed by atoms with Crippen molar-refractivity contribution in [2.45, 2.75) is 18.4 Å². The molecule has 0 unspecified atom stereocenters. The predicted molar refractivity (Wildman–Crippen MR) is 110 cm³/mol. The minimum absolute atomic E-state index is 0.0155. The maximum Gasteiger partial charge on any atom is 0.327 e. The van der Waals surface area contributed by atoms with Crippen LogP contribution in [0, 0.1) is 0 Å². The monoisotopic (exact) mass is 419 g/mol. The molecule has 7 nitrogen and oxygen atoms in total. The fraction of sp³-hybridized carbons (Fsp3) is 0.263.